The fraction of sp³-hybridized carbons (Fsp3) is 0.105. The molecule has 3 rings (SSSR count). The van der Waals surface area contributed by atoms with Crippen molar-refractivity contribution in [3.8, 4) is 11.5 Å². The van der Waals surface area contributed by atoms with E-state index in [1.165, 1.54) is 0 Å². The van der Waals surface area contributed by atoms with Gasteiger partial charge in [-0.1, -0.05) is 42.5 Å². The first kappa shape index (κ1) is 15.7. The monoisotopic (exact) mass is 322 g/mol. The Morgan fingerprint density at radius 1 is 1.08 bits per heavy atom. The zero-order valence-electron chi connectivity index (χ0n) is 13.2. The quantitative estimate of drug-likeness (QED) is 0.689. The summed E-state index contributed by atoms with van der Waals surface area (Å²) < 4.78 is 5.17. The second-order valence-corrected chi connectivity index (χ2v) is 5.43. The maximum atomic E-state index is 11.5. The third-order valence-electron chi connectivity index (χ3n) is 3.97. The Bertz CT molecular complexity index is 875. The number of carbonyl (C=O) groups is 1. The van der Waals surface area contributed by atoms with E-state index in [0.717, 1.165) is 16.3 Å². The summed E-state index contributed by atoms with van der Waals surface area (Å²) in [4.78, 5) is 11.5. The third kappa shape index (κ3) is 2.96. The third-order valence-corrected chi connectivity index (χ3v) is 3.97. The van der Waals surface area contributed by atoms with Gasteiger partial charge < -0.3 is 20.9 Å². The molecule has 0 aliphatic rings. The number of ether oxygens (including phenoxy) is 1. The highest BCUT2D eigenvalue weighted by atomic mass is 16.5. The molecule has 0 heterocycles. The normalized spacial score (nSPS) is 11.9. The molecule has 122 valence electrons. The van der Waals surface area contributed by atoms with Gasteiger partial charge in [0.05, 0.1) is 13.2 Å². The highest BCUT2D eigenvalue weighted by Crippen LogP contribution is 2.36. The van der Waals surface area contributed by atoms with Crippen molar-refractivity contribution in [2.45, 2.75) is 6.04 Å². The number of primary amides is 1. The molecule has 0 aliphatic carbocycles. The topological polar surface area (TPSA) is 84.6 Å². The van der Waals surface area contributed by atoms with Crippen LogP contribution >= 0.6 is 0 Å². The van der Waals surface area contributed by atoms with E-state index in [1.54, 1.807) is 25.3 Å². The van der Waals surface area contributed by atoms with Gasteiger partial charge in [-0.05, 0) is 34.5 Å². The van der Waals surface area contributed by atoms with Gasteiger partial charge in [0.25, 0.3) is 0 Å². The highest BCUT2D eigenvalue weighted by Gasteiger charge is 2.21. The first-order valence-corrected chi connectivity index (χ1v) is 7.50. The number of hydrogen-bond acceptors (Lipinski definition) is 3. The van der Waals surface area contributed by atoms with Gasteiger partial charge in [0.1, 0.15) is 11.5 Å². The summed E-state index contributed by atoms with van der Waals surface area (Å²) in [5, 5.41) is 15.0. The average Bonchev–Trinajstić information content (AvgIpc) is 2.60. The van der Waals surface area contributed by atoms with Crippen LogP contribution in [0.5, 0.6) is 11.5 Å². The summed E-state index contributed by atoms with van der Waals surface area (Å²) in [6.07, 6.45) is 0. The molecule has 5 nitrogen and oxygen atoms in total. The Kier molecular flexibility index (Phi) is 4.24. The Morgan fingerprint density at radius 2 is 1.79 bits per heavy atom. The maximum absolute atomic E-state index is 11.5. The van der Waals surface area contributed by atoms with E-state index in [2.05, 4.69) is 5.32 Å². The minimum absolute atomic E-state index is 0.100. The van der Waals surface area contributed by atoms with Crippen molar-refractivity contribution in [2.75, 3.05) is 7.11 Å². The van der Waals surface area contributed by atoms with Gasteiger partial charge in [0, 0.05) is 5.56 Å². The van der Waals surface area contributed by atoms with Gasteiger partial charge >= 0.3 is 6.03 Å². The molecule has 0 fully saturated rings. The predicted octanol–water partition coefficient (Wildman–Crippen LogP) is 3.31. The Balaban J connectivity index is 2.19. The average molecular weight is 322 g/mol. The minimum Gasteiger partial charge on any atom is -0.508 e. The van der Waals surface area contributed by atoms with Gasteiger partial charge in [0.2, 0.25) is 0 Å². The number of methoxy groups -OCH3 is 1. The second-order valence-electron chi connectivity index (χ2n) is 5.43. The van der Waals surface area contributed by atoms with Crippen molar-refractivity contribution >= 4 is 16.8 Å². The number of phenols is 1. The molecule has 5 heteroatoms. The fourth-order valence-electron chi connectivity index (χ4n) is 2.85. The number of amides is 2. The van der Waals surface area contributed by atoms with E-state index >= 15 is 0 Å². The molecule has 0 bridgehead atoms. The van der Waals surface area contributed by atoms with Crippen molar-refractivity contribution in [1.82, 2.24) is 5.32 Å². The molecule has 0 saturated heterocycles. The lowest BCUT2D eigenvalue weighted by Gasteiger charge is -2.22. The number of phenolic OH excluding ortho intramolecular Hbond substituents is 1. The van der Waals surface area contributed by atoms with E-state index < -0.39 is 12.1 Å². The van der Waals surface area contributed by atoms with Gasteiger partial charge in [0.15, 0.2) is 0 Å². The highest BCUT2D eigenvalue weighted by molar-refractivity contribution is 5.89. The number of benzene rings is 3. The van der Waals surface area contributed by atoms with Crippen molar-refractivity contribution in [3.63, 3.8) is 0 Å². The summed E-state index contributed by atoms with van der Waals surface area (Å²) in [5.74, 6) is 0.807. The Hall–Kier alpha value is -3.21. The molecule has 0 radical (unpaired) electrons. The summed E-state index contributed by atoms with van der Waals surface area (Å²) >= 11 is 0. The van der Waals surface area contributed by atoms with Crippen LogP contribution in [0.1, 0.15) is 17.2 Å². The number of nitrogens with one attached hydrogen (secondary N) is 1. The van der Waals surface area contributed by atoms with Crippen LogP contribution in [-0.2, 0) is 0 Å². The molecule has 0 saturated carbocycles. The summed E-state index contributed by atoms with van der Waals surface area (Å²) in [6.45, 7) is 0. The summed E-state index contributed by atoms with van der Waals surface area (Å²) in [7, 11) is 1.59. The van der Waals surface area contributed by atoms with Crippen molar-refractivity contribution < 1.29 is 14.6 Å². The molecule has 4 N–H and O–H groups in total. The molecule has 0 spiro atoms. The summed E-state index contributed by atoms with van der Waals surface area (Å²) in [6, 6.07) is 17.2. The van der Waals surface area contributed by atoms with Crippen LogP contribution in [0.25, 0.3) is 10.8 Å². The molecule has 1 atom stereocenters. The SMILES string of the molecule is COc1ccc(C(NC(N)=O)c2c(O)ccc3ccccc23)cc1. The van der Waals surface area contributed by atoms with Crippen LogP contribution in [0.2, 0.25) is 0 Å². The molecular formula is C19H18N2O3. The molecular weight excluding hydrogens is 304 g/mol. The van der Waals surface area contributed by atoms with Crippen molar-refractivity contribution in [2.24, 2.45) is 5.73 Å². The standard InChI is InChI=1S/C19H18N2O3/c1-24-14-9-6-13(7-10-14)18(21-19(20)23)17-15-5-3-2-4-12(15)8-11-16(17)22/h2-11,18,22H,1H3,(H3,20,21,23). The van der Waals surface area contributed by atoms with Crippen LogP contribution in [-0.4, -0.2) is 18.2 Å². The fourth-order valence-corrected chi connectivity index (χ4v) is 2.85. The van der Waals surface area contributed by atoms with Gasteiger partial charge in [-0.25, -0.2) is 4.79 Å². The van der Waals surface area contributed by atoms with E-state index in [1.807, 2.05) is 42.5 Å². The molecule has 3 aromatic rings. The largest absolute Gasteiger partial charge is 0.508 e. The zero-order valence-corrected chi connectivity index (χ0v) is 13.2. The zero-order chi connectivity index (χ0) is 17.1. The lowest BCUT2D eigenvalue weighted by Crippen LogP contribution is -2.34. The number of aromatic hydroxyl groups is 1. The van der Waals surface area contributed by atoms with Crippen LogP contribution in [0.3, 0.4) is 0 Å². The first-order valence-electron chi connectivity index (χ1n) is 7.50. The molecule has 1 unspecified atom stereocenters. The second kappa shape index (κ2) is 6.50. The molecule has 0 aromatic heterocycles. The van der Waals surface area contributed by atoms with Crippen molar-refractivity contribution in [3.05, 3.63) is 71.8 Å². The van der Waals surface area contributed by atoms with Crippen LogP contribution < -0.4 is 15.8 Å². The number of carbonyl (C=O) groups excluding carboxylic acids is 1. The molecule has 24 heavy (non-hydrogen) atoms. The molecule has 3 aromatic carbocycles. The van der Waals surface area contributed by atoms with Crippen LogP contribution in [0.15, 0.2) is 60.7 Å². The summed E-state index contributed by atoms with van der Waals surface area (Å²) in [5.41, 5.74) is 6.76. The Morgan fingerprint density at radius 3 is 2.46 bits per heavy atom. The van der Waals surface area contributed by atoms with Gasteiger partial charge in [-0.15, -0.1) is 0 Å². The number of fused-ring (bicyclic) bond motifs is 1. The van der Waals surface area contributed by atoms with E-state index in [0.29, 0.717) is 11.3 Å². The number of nitrogens with two attached hydrogens (primary N) is 1. The minimum atomic E-state index is -0.664. The van der Waals surface area contributed by atoms with Gasteiger partial charge in [-0.2, -0.15) is 0 Å². The maximum Gasteiger partial charge on any atom is 0.312 e. The van der Waals surface area contributed by atoms with Crippen molar-refractivity contribution in [1.29, 1.82) is 0 Å². The number of urea groups is 1. The molecule has 2 amide bonds. The molecule has 0 aliphatic heterocycles. The predicted molar refractivity (Wildman–Crippen MR) is 93.2 cm³/mol. The smallest absolute Gasteiger partial charge is 0.312 e. The number of rotatable bonds is 4. The lowest BCUT2D eigenvalue weighted by atomic mass is 9.92. The van der Waals surface area contributed by atoms with Crippen LogP contribution in [0.4, 0.5) is 4.79 Å². The van der Waals surface area contributed by atoms with Gasteiger partial charge in [-0.3, -0.25) is 0 Å². The van der Waals surface area contributed by atoms with Crippen LogP contribution in [0, 0.1) is 0 Å². The van der Waals surface area contributed by atoms with E-state index in [9.17, 15) is 9.90 Å². The number of hydrogen-bond donors (Lipinski definition) is 3. The lowest BCUT2D eigenvalue weighted by molar-refractivity contribution is 0.247. The Labute approximate surface area is 139 Å². The first-order chi connectivity index (χ1) is 11.6. The van der Waals surface area contributed by atoms with E-state index in [4.69, 9.17) is 10.5 Å². The van der Waals surface area contributed by atoms with E-state index in [-0.39, 0.29) is 5.75 Å².